The highest BCUT2D eigenvalue weighted by atomic mass is 19.1. The van der Waals surface area contributed by atoms with E-state index >= 15 is 0 Å². The molecule has 1 aromatic rings. The predicted molar refractivity (Wildman–Crippen MR) is 124 cm³/mol. The number of halogens is 2. The molecule has 0 aliphatic carbocycles. The van der Waals surface area contributed by atoms with E-state index in [1.807, 2.05) is 6.92 Å². The molecular formula is C24H30F2N4. The molecule has 0 aliphatic heterocycles. The van der Waals surface area contributed by atoms with E-state index in [-0.39, 0.29) is 18.9 Å². The quantitative estimate of drug-likeness (QED) is 0.177. The van der Waals surface area contributed by atoms with E-state index in [0.29, 0.717) is 16.7 Å². The molecule has 0 spiro atoms. The summed E-state index contributed by atoms with van der Waals surface area (Å²) in [5, 5.41) is 7.36. The number of allylic oxidation sites excluding steroid dienone is 4. The van der Waals surface area contributed by atoms with Crippen molar-refractivity contribution in [2.45, 2.75) is 40.2 Å². The van der Waals surface area contributed by atoms with Gasteiger partial charge in [-0.3, -0.25) is 4.99 Å². The highest BCUT2D eigenvalue weighted by Crippen LogP contribution is 2.25. The molecule has 0 aliphatic rings. The first-order valence-electron chi connectivity index (χ1n) is 9.73. The molecule has 0 bridgehead atoms. The highest BCUT2D eigenvalue weighted by Gasteiger charge is 2.17. The maximum Gasteiger partial charge on any atom is 0.130 e. The lowest BCUT2D eigenvalue weighted by Crippen LogP contribution is -2.26. The minimum atomic E-state index is -0.449. The molecule has 0 radical (unpaired) electrons. The van der Waals surface area contributed by atoms with Crippen molar-refractivity contribution in [3.8, 4) is 0 Å². The number of nitrogens with zero attached hydrogens (tertiary/aromatic N) is 4. The van der Waals surface area contributed by atoms with E-state index in [4.69, 9.17) is 0 Å². The molecule has 0 atom stereocenters. The maximum atomic E-state index is 14.7. The first kappa shape index (κ1) is 24.9. The molecule has 4 nitrogen and oxygen atoms in total. The smallest absolute Gasteiger partial charge is 0.130 e. The standard InChI is InChI=1S/C24H30F2N4/c1-7-10-21-18(4)12-13-24(26)22(21)16-30(17-29-28-6)15-19(14-27-5)20(9-3)23(25)11-8-2/h8-9,11-14,17H,2,5-7,10,15-16H2,1,3-4H3/b19-14+,20-9-,23-11+,29-17-. The molecule has 0 N–H and O–H groups in total. The topological polar surface area (TPSA) is 40.3 Å². The molecule has 1 rings (SSSR count). The lowest BCUT2D eigenvalue weighted by molar-refractivity contribution is 0.441. The second-order valence-corrected chi connectivity index (χ2v) is 6.64. The highest BCUT2D eigenvalue weighted by molar-refractivity contribution is 5.58. The maximum absolute atomic E-state index is 14.7. The van der Waals surface area contributed by atoms with Crippen LogP contribution in [0.4, 0.5) is 8.78 Å². The van der Waals surface area contributed by atoms with Crippen molar-refractivity contribution in [1.82, 2.24) is 4.90 Å². The van der Waals surface area contributed by atoms with E-state index < -0.39 is 5.83 Å². The SMILES string of the molecule is C=C\C=C(F)/C(=C\C)C(=C/N=C)/CN(/C=N\N=C)Cc1c(F)ccc(C)c1CCC. The Kier molecular flexibility index (Phi) is 10.9. The molecule has 160 valence electrons. The van der Waals surface area contributed by atoms with Gasteiger partial charge in [-0.2, -0.15) is 5.10 Å². The van der Waals surface area contributed by atoms with Crippen LogP contribution in [0.3, 0.4) is 0 Å². The molecule has 1 aromatic carbocycles. The van der Waals surface area contributed by atoms with Gasteiger partial charge < -0.3 is 4.90 Å². The summed E-state index contributed by atoms with van der Waals surface area (Å²) in [6, 6.07) is 3.25. The van der Waals surface area contributed by atoms with Crippen LogP contribution in [0.2, 0.25) is 0 Å². The van der Waals surface area contributed by atoms with Crippen LogP contribution in [0.15, 0.2) is 75.3 Å². The lowest BCUT2D eigenvalue weighted by Gasteiger charge is -2.24. The molecule has 0 unspecified atom stereocenters. The van der Waals surface area contributed by atoms with Gasteiger partial charge in [0.1, 0.15) is 18.0 Å². The van der Waals surface area contributed by atoms with Gasteiger partial charge in [0.2, 0.25) is 0 Å². The first-order valence-corrected chi connectivity index (χ1v) is 9.73. The van der Waals surface area contributed by atoms with Crippen LogP contribution in [0.25, 0.3) is 0 Å². The minimum absolute atomic E-state index is 0.217. The molecule has 6 heteroatoms. The minimum Gasteiger partial charge on any atom is -0.352 e. The monoisotopic (exact) mass is 412 g/mol. The van der Waals surface area contributed by atoms with Gasteiger partial charge in [0.05, 0.1) is 0 Å². The summed E-state index contributed by atoms with van der Waals surface area (Å²) in [7, 11) is 0. The van der Waals surface area contributed by atoms with Gasteiger partial charge in [-0.25, -0.2) is 8.78 Å². The Hall–Kier alpha value is -3.15. The third kappa shape index (κ3) is 7.03. The van der Waals surface area contributed by atoms with Crippen molar-refractivity contribution in [1.29, 1.82) is 0 Å². The average Bonchev–Trinajstić information content (AvgIpc) is 2.72. The summed E-state index contributed by atoms with van der Waals surface area (Å²) in [6.45, 7) is 16.6. The van der Waals surface area contributed by atoms with Crippen LogP contribution in [0.1, 0.15) is 37.0 Å². The Balaban J connectivity index is 3.39. The Morgan fingerprint density at radius 1 is 1.23 bits per heavy atom. The van der Waals surface area contributed by atoms with Gasteiger partial charge in [0.25, 0.3) is 0 Å². The summed E-state index contributed by atoms with van der Waals surface area (Å²) in [6.07, 6.45) is 8.89. The van der Waals surface area contributed by atoms with Gasteiger partial charge in [-0.1, -0.05) is 38.1 Å². The van der Waals surface area contributed by atoms with Crippen LogP contribution >= 0.6 is 0 Å². The van der Waals surface area contributed by atoms with Crippen molar-refractivity contribution < 1.29 is 8.78 Å². The Morgan fingerprint density at radius 2 is 1.97 bits per heavy atom. The third-order valence-electron chi connectivity index (χ3n) is 4.54. The van der Waals surface area contributed by atoms with Crippen LogP contribution in [0.5, 0.6) is 0 Å². The normalized spacial score (nSPS) is 12.9. The van der Waals surface area contributed by atoms with Crippen molar-refractivity contribution >= 4 is 19.8 Å². The number of hydrogen-bond acceptors (Lipinski definition) is 3. The van der Waals surface area contributed by atoms with E-state index in [2.05, 4.69) is 42.1 Å². The van der Waals surface area contributed by atoms with Gasteiger partial charge in [0, 0.05) is 37.1 Å². The Labute approximate surface area is 178 Å². The van der Waals surface area contributed by atoms with Crippen molar-refractivity contribution in [2.24, 2.45) is 15.2 Å². The molecule has 0 fully saturated rings. The average molecular weight is 413 g/mol. The lowest BCUT2D eigenvalue weighted by atomic mass is 9.96. The fourth-order valence-corrected chi connectivity index (χ4v) is 3.20. The summed E-state index contributed by atoms with van der Waals surface area (Å²) in [5.41, 5.74) is 3.50. The first-order chi connectivity index (χ1) is 14.4. The van der Waals surface area contributed by atoms with Crippen LogP contribution in [-0.2, 0) is 13.0 Å². The summed E-state index contributed by atoms with van der Waals surface area (Å²) >= 11 is 0. The second-order valence-electron chi connectivity index (χ2n) is 6.64. The predicted octanol–water partition coefficient (Wildman–Crippen LogP) is 6.10. The van der Waals surface area contributed by atoms with E-state index in [9.17, 15) is 8.78 Å². The molecule has 0 saturated carbocycles. The second kappa shape index (κ2) is 13.1. The molecule has 0 heterocycles. The van der Waals surface area contributed by atoms with Gasteiger partial charge in [-0.15, -0.1) is 5.10 Å². The number of rotatable bonds is 12. The number of aryl methyl sites for hydroxylation is 1. The zero-order valence-corrected chi connectivity index (χ0v) is 18.0. The molecule has 30 heavy (non-hydrogen) atoms. The molecule has 0 aromatic heterocycles. The number of hydrogen-bond donors (Lipinski definition) is 0. The zero-order valence-electron chi connectivity index (χ0n) is 18.0. The van der Waals surface area contributed by atoms with Crippen LogP contribution < -0.4 is 0 Å². The largest absolute Gasteiger partial charge is 0.352 e. The van der Waals surface area contributed by atoms with Gasteiger partial charge >= 0.3 is 0 Å². The van der Waals surface area contributed by atoms with E-state index in [1.54, 1.807) is 24.0 Å². The van der Waals surface area contributed by atoms with E-state index in [0.717, 1.165) is 24.0 Å². The third-order valence-corrected chi connectivity index (χ3v) is 4.54. The fraction of sp³-hybridized carbons (Fsp3) is 0.292. The zero-order chi connectivity index (χ0) is 22.5. The summed E-state index contributed by atoms with van der Waals surface area (Å²) < 4.78 is 29.3. The number of aliphatic imine (C=N–C) groups is 1. The van der Waals surface area contributed by atoms with Gasteiger partial charge in [-0.05, 0) is 55.8 Å². The summed E-state index contributed by atoms with van der Waals surface area (Å²) in [5.74, 6) is -0.736. The Morgan fingerprint density at radius 3 is 2.53 bits per heavy atom. The molecular weight excluding hydrogens is 382 g/mol. The summed E-state index contributed by atoms with van der Waals surface area (Å²) in [4.78, 5) is 5.56. The van der Waals surface area contributed by atoms with Crippen LogP contribution in [-0.4, -0.2) is 31.2 Å². The van der Waals surface area contributed by atoms with Gasteiger partial charge in [0.15, 0.2) is 0 Å². The van der Waals surface area contributed by atoms with Crippen molar-refractivity contribution in [3.05, 3.63) is 82.6 Å². The van der Waals surface area contributed by atoms with Crippen LogP contribution in [0, 0.1) is 12.7 Å². The van der Waals surface area contributed by atoms with E-state index in [1.165, 1.54) is 30.8 Å². The van der Waals surface area contributed by atoms with Crippen molar-refractivity contribution in [2.75, 3.05) is 6.54 Å². The molecule has 0 amide bonds. The fourth-order valence-electron chi connectivity index (χ4n) is 3.20. The Bertz CT molecular complexity index is 879. The molecule has 0 saturated heterocycles. The van der Waals surface area contributed by atoms with Crippen molar-refractivity contribution in [3.63, 3.8) is 0 Å². The number of benzene rings is 1.